The molecule has 0 fully saturated rings. The highest BCUT2D eigenvalue weighted by Crippen LogP contribution is 2.03. The van der Waals surface area contributed by atoms with Crippen LogP contribution in [0.1, 0.15) is 22.6 Å². The van der Waals surface area contributed by atoms with Crippen LogP contribution in [0.4, 0.5) is 0 Å². The van der Waals surface area contributed by atoms with Crippen LogP contribution in [0.25, 0.3) is 0 Å². The van der Waals surface area contributed by atoms with Crippen molar-refractivity contribution in [3.8, 4) is 0 Å². The van der Waals surface area contributed by atoms with Crippen LogP contribution >= 0.6 is 0 Å². The lowest BCUT2D eigenvalue weighted by atomic mass is 10.1. The van der Waals surface area contributed by atoms with E-state index in [4.69, 9.17) is 0 Å². The van der Waals surface area contributed by atoms with E-state index < -0.39 is 5.97 Å². The van der Waals surface area contributed by atoms with Crippen LogP contribution < -0.4 is 0 Å². The molecule has 0 saturated carbocycles. The number of methoxy groups -OCH3 is 1. The van der Waals surface area contributed by atoms with Gasteiger partial charge in [0.2, 0.25) is 0 Å². The first-order chi connectivity index (χ1) is 8.79. The van der Waals surface area contributed by atoms with Crippen molar-refractivity contribution in [2.24, 2.45) is 0 Å². The Hall–Kier alpha value is -2.17. The summed E-state index contributed by atoms with van der Waals surface area (Å²) in [6.07, 6.45) is 3.49. The Morgan fingerprint density at radius 2 is 2.11 bits per heavy atom. The number of aromatic nitrogens is 3. The van der Waals surface area contributed by atoms with Crippen LogP contribution in [0, 0.1) is 0 Å². The number of benzene rings is 1. The Bertz CT molecular complexity index is 508. The smallest absolute Gasteiger partial charge is 0.377 e. The first kappa shape index (κ1) is 12.3. The van der Waals surface area contributed by atoms with Crippen LogP contribution in [-0.2, 0) is 17.7 Å². The number of carbonyl (C=O) groups is 1. The fourth-order valence-corrected chi connectivity index (χ4v) is 1.68. The van der Waals surface area contributed by atoms with Crippen molar-refractivity contribution in [2.75, 3.05) is 7.11 Å². The lowest BCUT2D eigenvalue weighted by molar-refractivity contribution is 0.0586. The number of rotatable bonds is 5. The van der Waals surface area contributed by atoms with Crippen molar-refractivity contribution in [3.05, 3.63) is 48.0 Å². The number of ether oxygens (including phenoxy) is 1. The van der Waals surface area contributed by atoms with Crippen LogP contribution in [-0.4, -0.2) is 27.8 Å². The highest BCUT2D eigenvalue weighted by molar-refractivity contribution is 5.84. The molecule has 0 bridgehead atoms. The number of aryl methyl sites for hydroxylation is 2. The van der Waals surface area contributed by atoms with Gasteiger partial charge in [0.25, 0.3) is 5.82 Å². The molecule has 1 heterocycles. The average Bonchev–Trinajstić information content (AvgIpc) is 2.88. The number of nitrogens with zero attached hydrogens (tertiary/aromatic N) is 3. The van der Waals surface area contributed by atoms with Gasteiger partial charge in [0, 0.05) is 6.54 Å². The van der Waals surface area contributed by atoms with Crippen molar-refractivity contribution in [2.45, 2.75) is 19.4 Å². The zero-order valence-corrected chi connectivity index (χ0v) is 10.2. The van der Waals surface area contributed by atoms with E-state index in [1.54, 1.807) is 11.0 Å². The van der Waals surface area contributed by atoms with E-state index >= 15 is 0 Å². The summed E-state index contributed by atoms with van der Waals surface area (Å²) in [5.74, 6) is -0.394. The molecule has 5 nitrogen and oxygen atoms in total. The number of hydrogen-bond acceptors (Lipinski definition) is 4. The van der Waals surface area contributed by atoms with Gasteiger partial charge in [0.15, 0.2) is 0 Å². The largest absolute Gasteiger partial charge is 0.463 e. The lowest BCUT2D eigenvalue weighted by Gasteiger charge is -2.01. The molecule has 18 heavy (non-hydrogen) atoms. The Morgan fingerprint density at radius 3 is 2.83 bits per heavy atom. The second-order valence-corrected chi connectivity index (χ2v) is 3.91. The molecule has 0 atom stereocenters. The summed E-state index contributed by atoms with van der Waals surface area (Å²) >= 11 is 0. The van der Waals surface area contributed by atoms with Crippen molar-refractivity contribution >= 4 is 5.97 Å². The molecule has 0 aliphatic carbocycles. The third-order valence-corrected chi connectivity index (χ3v) is 2.60. The first-order valence-electron chi connectivity index (χ1n) is 5.81. The fourth-order valence-electron chi connectivity index (χ4n) is 1.68. The first-order valence-corrected chi connectivity index (χ1v) is 5.81. The minimum Gasteiger partial charge on any atom is -0.463 e. The minimum atomic E-state index is -0.503. The van der Waals surface area contributed by atoms with E-state index in [1.807, 2.05) is 18.2 Å². The Kier molecular flexibility index (Phi) is 4.06. The van der Waals surface area contributed by atoms with Gasteiger partial charge in [-0.3, -0.25) is 4.68 Å². The van der Waals surface area contributed by atoms with E-state index in [0.29, 0.717) is 0 Å². The molecule has 0 spiro atoms. The van der Waals surface area contributed by atoms with Gasteiger partial charge in [-0.25, -0.2) is 9.78 Å². The summed E-state index contributed by atoms with van der Waals surface area (Å²) in [5.41, 5.74) is 1.30. The van der Waals surface area contributed by atoms with Crippen molar-refractivity contribution in [3.63, 3.8) is 0 Å². The van der Waals surface area contributed by atoms with Crippen LogP contribution in [0.2, 0.25) is 0 Å². The summed E-state index contributed by atoms with van der Waals surface area (Å²) in [5, 5.41) is 4.04. The molecule has 0 saturated heterocycles. The van der Waals surface area contributed by atoms with Gasteiger partial charge in [0.1, 0.15) is 6.33 Å². The average molecular weight is 245 g/mol. The molecule has 1 aromatic heterocycles. The van der Waals surface area contributed by atoms with E-state index in [-0.39, 0.29) is 5.82 Å². The molecule has 0 radical (unpaired) electrons. The van der Waals surface area contributed by atoms with E-state index in [2.05, 4.69) is 27.0 Å². The molecule has 0 N–H and O–H groups in total. The molecule has 94 valence electrons. The van der Waals surface area contributed by atoms with Crippen molar-refractivity contribution in [1.29, 1.82) is 0 Å². The van der Waals surface area contributed by atoms with Gasteiger partial charge in [-0.15, -0.1) is 5.10 Å². The van der Waals surface area contributed by atoms with E-state index in [9.17, 15) is 4.79 Å². The summed E-state index contributed by atoms with van der Waals surface area (Å²) in [6, 6.07) is 10.3. The van der Waals surface area contributed by atoms with Crippen LogP contribution in [0.15, 0.2) is 36.7 Å². The second-order valence-electron chi connectivity index (χ2n) is 3.91. The monoisotopic (exact) mass is 245 g/mol. The third-order valence-electron chi connectivity index (χ3n) is 2.60. The van der Waals surface area contributed by atoms with Gasteiger partial charge in [-0.05, 0) is 18.4 Å². The Labute approximate surface area is 105 Å². The molecule has 0 unspecified atom stereocenters. The predicted molar refractivity (Wildman–Crippen MR) is 66.1 cm³/mol. The quantitative estimate of drug-likeness (QED) is 0.752. The maximum Gasteiger partial charge on any atom is 0.377 e. The van der Waals surface area contributed by atoms with Gasteiger partial charge >= 0.3 is 5.97 Å². The molecule has 2 aromatic rings. The lowest BCUT2D eigenvalue weighted by Crippen LogP contribution is -2.06. The molecule has 5 heteroatoms. The maximum atomic E-state index is 11.2. The number of carbonyl (C=O) groups excluding carboxylic acids is 1. The summed E-state index contributed by atoms with van der Waals surface area (Å²) in [6.45, 7) is 0.735. The number of hydrogen-bond donors (Lipinski definition) is 0. The van der Waals surface area contributed by atoms with Gasteiger partial charge in [-0.2, -0.15) is 0 Å². The van der Waals surface area contributed by atoms with Crippen molar-refractivity contribution in [1.82, 2.24) is 14.8 Å². The van der Waals surface area contributed by atoms with E-state index in [1.165, 1.54) is 12.7 Å². The summed E-state index contributed by atoms with van der Waals surface area (Å²) in [7, 11) is 1.32. The molecule has 0 aliphatic heterocycles. The molecule has 0 aliphatic rings. The van der Waals surface area contributed by atoms with Gasteiger partial charge in [-0.1, -0.05) is 30.3 Å². The minimum absolute atomic E-state index is 0.109. The highest BCUT2D eigenvalue weighted by atomic mass is 16.5. The normalized spacial score (nSPS) is 10.3. The molecular weight excluding hydrogens is 230 g/mol. The topological polar surface area (TPSA) is 57.0 Å². The zero-order chi connectivity index (χ0) is 12.8. The van der Waals surface area contributed by atoms with Gasteiger partial charge < -0.3 is 4.74 Å². The van der Waals surface area contributed by atoms with Gasteiger partial charge in [0.05, 0.1) is 7.11 Å². The summed E-state index contributed by atoms with van der Waals surface area (Å²) < 4.78 is 6.21. The Balaban J connectivity index is 1.84. The number of esters is 1. The highest BCUT2D eigenvalue weighted by Gasteiger charge is 2.10. The predicted octanol–water partition coefficient (Wildman–Crippen LogP) is 1.70. The van der Waals surface area contributed by atoms with Crippen LogP contribution in [0.3, 0.4) is 0 Å². The van der Waals surface area contributed by atoms with Crippen LogP contribution in [0.5, 0.6) is 0 Å². The SMILES string of the molecule is COC(=O)c1ncn(CCCc2ccccc2)n1. The molecule has 0 amide bonds. The fraction of sp³-hybridized carbons (Fsp3) is 0.308. The summed E-state index contributed by atoms with van der Waals surface area (Å²) in [4.78, 5) is 15.1. The maximum absolute atomic E-state index is 11.2. The molecule has 2 rings (SSSR count). The van der Waals surface area contributed by atoms with E-state index in [0.717, 1.165) is 19.4 Å². The Morgan fingerprint density at radius 1 is 1.33 bits per heavy atom. The molecule has 1 aromatic carbocycles. The third kappa shape index (κ3) is 3.16. The second kappa shape index (κ2) is 5.95. The van der Waals surface area contributed by atoms with Crippen molar-refractivity contribution < 1.29 is 9.53 Å². The zero-order valence-electron chi connectivity index (χ0n) is 10.2. The molecular formula is C13H15N3O2. The standard InChI is InChI=1S/C13H15N3O2/c1-18-13(17)12-14-10-16(15-12)9-5-8-11-6-3-2-4-7-11/h2-4,6-7,10H,5,8-9H2,1H3.